The first-order chi connectivity index (χ1) is 46.4. The van der Waals surface area contributed by atoms with E-state index >= 15 is 0 Å². The SMILES string of the molecule is CC[C@H](C)[C@@H]([C@@H](CC(=O)N1CCC[C@H]1[C@H](OC)[C@@H](C)C(=O)N[C@H](C)[C@@H](O)c1ccccc1)OC)N(C)C(=O)[C@@H](NC(=O)C(C(C)C)N(C)C(=O)OCc1ccc(O[C@H]2C[C@@H](O)C[C@@H](C(=O)O)O2)c(NC(=O)CCNC(=O)CCC(CN2C(=O)C=CC2=O)N2C(=O)C=CC2=O)c1)C(C)C. The number of carbonyl (C=O) groups excluding carboxylic acids is 11. The fourth-order valence-electron chi connectivity index (χ4n) is 12.9. The van der Waals surface area contributed by atoms with Crippen LogP contribution >= 0.6 is 0 Å². The number of aliphatic carboxylic acids is 1. The summed E-state index contributed by atoms with van der Waals surface area (Å²) in [5.74, 6) is -8.98. The summed E-state index contributed by atoms with van der Waals surface area (Å²) in [5.41, 5.74) is 0.925. The van der Waals surface area contributed by atoms with Crippen LogP contribution in [0.2, 0.25) is 0 Å². The fourth-order valence-corrected chi connectivity index (χ4v) is 12.9. The number of amides is 11. The van der Waals surface area contributed by atoms with Crippen molar-refractivity contribution in [3.8, 4) is 5.75 Å². The summed E-state index contributed by atoms with van der Waals surface area (Å²) >= 11 is 0. The molecule has 2 unspecified atom stereocenters. The van der Waals surface area contributed by atoms with Crippen LogP contribution in [0.4, 0.5) is 10.5 Å². The molecule has 0 radical (unpaired) electrons. The van der Waals surface area contributed by atoms with Crippen LogP contribution in [-0.4, -0.2) is 226 Å². The van der Waals surface area contributed by atoms with Gasteiger partial charge < -0.3 is 70.1 Å². The summed E-state index contributed by atoms with van der Waals surface area (Å²) in [7, 11) is 5.94. The van der Waals surface area contributed by atoms with Crippen LogP contribution in [0.15, 0.2) is 72.8 Å². The van der Waals surface area contributed by atoms with Crippen molar-refractivity contribution in [2.24, 2.45) is 23.7 Å². The minimum atomic E-state index is -1.41. The standard InChI is InChI=1S/C69H97N9O20/c1-13-40(6)62(50(94-11)35-58(86)76-31-17-20-48(76)64(95-12)41(7)65(88)71-42(8)63(87)44-18-15-14-16-19-44)74(9)67(90)60(38(2)3)73-66(89)61(39(4)5)75(10)69(93)96-37-43-21-23-49(97-59-34-46(79)33-51(98-59)68(91)92)47(32-43)72-53(81)29-30-70-52(80)24-22-45(78-56(84)27-28-57(78)85)36-77-54(82)25-26-55(77)83/h14-16,18-19,21,23,25-28,32,38-42,45-46,48,50-51,59-64,79,87H,13,17,20,22,24,29-31,33-37H2,1-12H3,(H,70,80)(H,71,88)(H,72,81)(H,73,89)(H,91,92)/t40-,41+,42+,45?,46-,48-,50+,51-,59+,60-,61?,62-,63+,64+/m0/s1. The van der Waals surface area contributed by atoms with E-state index in [1.54, 1.807) is 77.8 Å². The molecular weight excluding hydrogens is 1270 g/mol. The van der Waals surface area contributed by atoms with E-state index in [1.165, 1.54) is 44.4 Å². The largest absolute Gasteiger partial charge is 0.479 e. The van der Waals surface area contributed by atoms with Crippen LogP contribution in [-0.2, 0) is 78.3 Å². The highest BCUT2D eigenvalue weighted by Crippen LogP contribution is 2.33. The van der Waals surface area contributed by atoms with Gasteiger partial charge in [-0.2, -0.15) is 0 Å². The van der Waals surface area contributed by atoms with Crippen molar-refractivity contribution < 1.29 is 96.5 Å². The molecule has 0 aromatic heterocycles. The first kappa shape index (κ1) is 78.4. The third-order valence-electron chi connectivity index (χ3n) is 18.4. The van der Waals surface area contributed by atoms with E-state index < -0.39 is 157 Å². The quantitative estimate of drug-likeness (QED) is 0.0486. The van der Waals surface area contributed by atoms with E-state index in [0.717, 1.165) is 39.0 Å². The number of carboxylic acid groups (broad SMARTS) is 1. The van der Waals surface area contributed by atoms with Crippen LogP contribution in [0.25, 0.3) is 0 Å². The second kappa shape index (κ2) is 36.3. The van der Waals surface area contributed by atoms with Crippen molar-refractivity contribution >= 4 is 76.8 Å². The number of nitrogens with one attached hydrogen (secondary N) is 4. The van der Waals surface area contributed by atoms with Gasteiger partial charge in [0.15, 0.2) is 6.10 Å². The van der Waals surface area contributed by atoms with Crippen molar-refractivity contribution in [2.45, 2.75) is 193 Å². The molecule has 4 heterocycles. The molecule has 29 heteroatoms. The van der Waals surface area contributed by atoms with Gasteiger partial charge in [0, 0.05) is 91.4 Å². The second-order valence-corrected chi connectivity index (χ2v) is 26.1. The Bertz CT molecular complexity index is 3220. The van der Waals surface area contributed by atoms with Crippen LogP contribution < -0.4 is 26.0 Å². The summed E-state index contributed by atoms with van der Waals surface area (Å²) < 4.78 is 29.4. The molecule has 6 rings (SSSR count). The number of nitrogens with zero attached hydrogens (tertiary/aromatic N) is 5. The highest BCUT2D eigenvalue weighted by Gasteiger charge is 2.45. The number of hydrogen-bond donors (Lipinski definition) is 7. The monoisotopic (exact) mass is 1370 g/mol. The lowest BCUT2D eigenvalue weighted by Crippen LogP contribution is -2.60. The molecule has 538 valence electrons. The van der Waals surface area contributed by atoms with Gasteiger partial charge >= 0.3 is 12.1 Å². The number of likely N-dealkylation sites (tertiary alicyclic amines) is 1. The van der Waals surface area contributed by atoms with Gasteiger partial charge in [-0.3, -0.25) is 62.6 Å². The van der Waals surface area contributed by atoms with Gasteiger partial charge in [-0.05, 0) is 67.2 Å². The van der Waals surface area contributed by atoms with E-state index in [1.807, 2.05) is 19.9 Å². The molecule has 2 aromatic rings. The van der Waals surface area contributed by atoms with E-state index in [4.69, 9.17) is 23.7 Å². The molecule has 0 aliphatic carbocycles. The number of carbonyl (C=O) groups is 12. The number of aliphatic hydroxyl groups excluding tert-OH is 2. The molecule has 98 heavy (non-hydrogen) atoms. The fraction of sp³-hybridized carbons (Fsp3) is 0.594. The highest BCUT2D eigenvalue weighted by molar-refractivity contribution is 6.14. The van der Waals surface area contributed by atoms with Crippen LogP contribution in [0.3, 0.4) is 0 Å². The van der Waals surface area contributed by atoms with Crippen molar-refractivity contribution in [2.75, 3.05) is 53.3 Å². The summed E-state index contributed by atoms with van der Waals surface area (Å²) in [6, 6.07) is 8.16. The van der Waals surface area contributed by atoms with Crippen LogP contribution in [0.5, 0.6) is 5.75 Å². The third kappa shape index (κ3) is 20.5. The van der Waals surface area contributed by atoms with Crippen LogP contribution in [0, 0.1) is 23.7 Å². The topological polar surface area (TPSA) is 376 Å². The number of ether oxygens (including phenoxy) is 5. The number of methoxy groups -OCH3 is 2. The average Bonchev–Trinajstić information content (AvgIpc) is 1.43. The Balaban J connectivity index is 1.09. The Morgan fingerprint density at radius 1 is 0.776 bits per heavy atom. The summed E-state index contributed by atoms with van der Waals surface area (Å²) in [4.78, 5) is 166. The molecule has 0 spiro atoms. The maximum absolute atomic E-state index is 14.9. The molecule has 4 aliphatic heterocycles. The molecule has 14 atom stereocenters. The molecule has 0 bridgehead atoms. The second-order valence-electron chi connectivity index (χ2n) is 26.1. The maximum atomic E-state index is 14.9. The zero-order valence-corrected chi connectivity index (χ0v) is 57.9. The van der Waals surface area contributed by atoms with Gasteiger partial charge in [0.05, 0.1) is 73.2 Å². The summed E-state index contributed by atoms with van der Waals surface area (Å²) in [6.07, 6.45) is -2.47. The van der Waals surface area contributed by atoms with Gasteiger partial charge in [-0.25, -0.2) is 9.59 Å². The molecule has 2 fully saturated rings. The number of imide groups is 2. The van der Waals surface area contributed by atoms with Crippen molar-refractivity contribution in [3.05, 3.63) is 84.0 Å². The normalized spacial score (nSPS) is 20.8. The van der Waals surface area contributed by atoms with Crippen molar-refractivity contribution in [3.63, 3.8) is 0 Å². The summed E-state index contributed by atoms with van der Waals surface area (Å²) in [6.45, 7) is 13.7. The minimum Gasteiger partial charge on any atom is -0.479 e. The molecule has 4 aliphatic rings. The van der Waals surface area contributed by atoms with Crippen molar-refractivity contribution in [1.29, 1.82) is 0 Å². The van der Waals surface area contributed by atoms with Gasteiger partial charge in [-0.15, -0.1) is 0 Å². The van der Waals surface area contributed by atoms with Crippen LogP contribution in [0.1, 0.15) is 130 Å². The molecule has 7 N–H and O–H groups in total. The highest BCUT2D eigenvalue weighted by atomic mass is 16.7. The van der Waals surface area contributed by atoms with Gasteiger partial charge in [0.25, 0.3) is 23.6 Å². The number of anilines is 1. The van der Waals surface area contributed by atoms with Gasteiger partial charge in [-0.1, -0.05) is 91.3 Å². The number of likely N-dealkylation sites (N-methyl/N-ethyl adjacent to an activating group) is 2. The molecule has 0 saturated carbocycles. The first-order valence-corrected chi connectivity index (χ1v) is 33.3. The Labute approximate surface area is 571 Å². The first-order valence-electron chi connectivity index (χ1n) is 33.3. The van der Waals surface area contributed by atoms with E-state index in [-0.39, 0.29) is 86.3 Å². The summed E-state index contributed by atoms with van der Waals surface area (Å²) in [5, 5.41) is 42.2. The Kier molecular flexibility index (Phi) is 29.0. The number of carboxylic acids is 1. The van der Waals surface area contributed by atoms with Gasteiger partial charge in [0.1, 0.15) is 24.4 Å². The predicted octanol–water partition coefficient (Wildman–Crippen LogP) is 3.35. The Morgan fingerprint density at radius 3 is 2.03 bits per heavy atom. The van der Waals surface area contributed by atoms with Gasteiger partial charge in [0.2, 0.25) is 41.7 Å². The molecule has 11 amide bonds. The van der Waals surface area contributed by atoms with E-state index in [0.29, 0.717) is 31.4 Å². The Hall–Kier alpha value is -8.64. The smallest absolute Gasteiger partial charge is 0.410 e. The lowest BCUT2D eigenvalue weighted by atomic mass is 9.89. The lowest BCUT2D eigenvalue weighted by Gasteiger charge is -2.41. The van der Waals surface area contributed by atoms with E-state index in [9.17, 15) is 72.9 Å². The lowest BCUT2D eigenvalue weighted by molar-refractivity contribution is -0.195. The predicted molar refractivity (Wildman–Crippen MR) is 353 cm³/mol. The number of rotatable bonds is 35. The van der Waals surface area contributed by atoms with E-state index in [2.05, 4.69) is 21.3 Å². The van der Waals surface area contributed by atoms with Crippen molar-refractivity contribution in [1.82, 2.24) is 40.4 Å². The third-order valence-corrected chi connectivity index (χ3v) is 18.4. The zero-order valence-electron chi connectivity index (χ0n) is 57.9. The Morgan fingerprint density at radius 2 is 1.43 bits per heavy atom. The maximum Gasteiger partial charge on any atom is 0.410 e. The molecular formula is C69H97N9O20. The number of benzene rings is 2. The molecule has 2 saturated heterocycles. The average molecular weight is 1370 g/mol. The number of aliphatic hydroxyl groups is 2. The molecule has 2 aromatic carbocycles. The molecule has 29 nitrogen and oxygen atoms in total. The zero-order chi connectivity index (χ0) is 72.4. The minimum absolute atomic E-state index is 0.0138. The number of hydrogen-bond acceptors (Lipinski definition) is 19.